The van der Waals surface area contributed by atoms with Gasteiger partial charge in [-0.05, 0) is 55.3 Å². The Labute approximate surface area is 208 Å². The maximum Gasteiger partial charge on any atom is 0.323 e. The predicted molar refractivity (Wildman–Crippen MR) is 136 cm³/mol. The lowest BCUT2D eigenvalue weighted by Crippen LogP contribution is -2.32. The fourth-order valence-electron chi connectivity index (χ4n) is 3.32. The van der Waals surface area contributed by atoms with Crippen LogP contribution in [0.25, 0.3) is 10.9 Å². The molecule has 35 heavy (non-hydrogen) atoms. The number of fused-ring (bicyclic) bond motifs is 1. The van der Waals surface area contributed by atoms with Crippen molar-refractivity contribution in [1.82, 2.24) is 10.3 Å². The maximum atomic E-state index is 12.9. The highest BCUT2D eigenvalue weighted by Gasteiger charge is 2.14. The second kappa shape index (κ2) is 12.7. The van der Waals surface area contributed by atoms with Gasteiger partial charge in [-0.15, -0.1) is 0 Å². The fourth-order valence-corrected chi connectivity index (χ4v) is 3.45. The van der Waals surface area contributed by atoms with Gasteiger partial charge in [-0.1, -0.05) is 42.0 Å². The highest BCUT2D eigenvalue weighted by Crippen LogP contribution is 2.12. The largest absolute Gasteiger partial charge is 0.451 e. The van der Waals surface area contributed by atoms with E-state index in [4.69, 9.17) is 27.8 Å². The summed E-state index contributed by atoms with van der Waals surface area (Å²) in [6, 6.07) is 11.4. The molecule has 1 amide bonds. The Bertz CT molecular complexity index is 1310. The van der Waals surface area contributed by atoms with Gasteiger partial charge in [0.15, 0.2) is 6.61 Å². The fraction of sp³-hybridized carbons (Fsp3) is 0.269. The molecule has 0 saturated carbocycles. The van der Waals surface area contributed by atoms with Crippen molar-refractivity contribution in [1.29, 1.82) is 0 Å². The van der Waals surface area contributed by atoms with Crippen molar-refractivity contribution in [3.8, 4) is 11.8 Å². The van der Waals surface area contributed by atoms with Gasteiger partial charge in [0.1, 0.15) is 11.6 Å². The van der Waals surface area contributed by atoms with Crippen molar-refractivity contribution in [3.63, 3.8) is 0 Å². The van der Waals surface area contributed by atoms with Crippen LogP contribution in [0.2, 0.25) is 5.02 Å². The SMILES string of the molecule is NCCCCC(N)C(=O)OCC#Cc1ccc2[nH]cc(C(=O)NCc3ccc(Cl)cc3)c(=O)c2c1. The van der Waals surface area contributed by atoms with Gasteiger partial charge in [0.25, 0.3) is 5.91 Å². The van der Waals surface area contributed by atoms with Crippen LogP contribution in [0.1, 0.15) is 40.7 Å². The van der Waals surface area contributed by atoms with E-state index in [9.17, 15) is 14.4 Å². The van der Waals surface area contributed by atoms with Crippen molar-refractivity contribution in [2.75, 3.05) is 13.2 Å². The number of aromatic amines is 1. The van der Waals surface area contributed by atoms with Gasteiger partial charge in [0.05, 0.1) is 0 Å². The number of H-pyrrole nitrogens is 1. The Balaban J connectivity index is 1.64. The highest BCUT2D eigenvalue weighted by atomic mass is 35.5. The van der Waals surface area contributed by atoms with Crippen LogP contribution < -0.4 is 22.2 Å². The third-order valence-electron chi connectivity index (χ3n) is 5.28. The van der Waals surface area contributed by atoms with Crippen molar-refractivity contribution < 1.29 is 14.3 Å². The second-order valence-corrected chi connectivity index (χ2v) is 8.34. The average Bonchev–Trinajstić information content (AvgIpc) is 2.86. The lowest BCUT2D eigenvalue weighted by molar-refractivity contribution is -0.143. The number of amides is 1. The summed E-state index contributed by atoms with van der Waals surface area (Å²) < 4.78 is 5.09. The third kappa shape index (κ3) is 7.42. The first-order valence-corrected chi connectivity index (χ1v) is 11.6. The monoisotopic (exact) mass is 494 g/mol. The molecule has 1 heterocycles. The molecule has 1 aromatic heterocycles. The lowest BCUT2D eigenvalue weighted by atomic mass is 10.1. The standard InChI is InChI=1S/C26H27ClN4O4/c27-19-9-6-18(7-10-19)15-31-25(33)21-16-30-23-11-8-17(14-20(23)24(21)32)4-3-13-35-26(34)22(29)5-1-2-12-28/h6-11,14,16,22H,1-2,5,12-13,15,28-29H2,(H,30,32)(H,31,33). The number of unbranched alkanes of at least 4 members (excludes halogenated alkanes) is 1. The van der Waals surface area contributed by atoms with Crippen LogP contribution in [0.3, 0.4) is 0 Å². The van der Waals surface area contributed by atoms with E-state index in [1.807, 2.05) is 0 Å². The molecule has 0 fully saturated rings. The van der Waals surface area contributed by atoms with Crippen LogP contribution in [0.15, 0.2) is 53.5 Å². The number of nitrogens with one attached hydrogen (secondary N) is 2. The van der Waals surface area contributed by atoms with Crippen LogP contribution in [-0.2, 0) is 16.1 Å². The number of halogens is 1. The number of ether oxygens (including phenoxy) is 1. The summed E-state index contributed by atoms with van der Waals surface area (Å²) in [5.74, 6) is 4.61. The zero-order valence-electron chi connectivity index (χ0n) is 19.1. The number of hydrogen-bond acceptors (Lipinski definition) is 6. The van der Waals surface area contributed by atoms with Crippen LogP contribution in [0.4, 0.5) is 0 Å². The quantitative estimate of drug-likeness (QED) is 0.204. The lowest BCUT2D eigenvalue weighted by Gasteiger charge is -2.09. The summed E-state index contributed by atoms with van der Waals surface area (Å²) in [6.45, 7) is 0.691. The van der Waals surface area contributed by atoms with Gasteiger partial charge in [0, 0.05) is 34.2 Å². The molecule has 6 N–H and O–H groups in total. The van der Waals surface area contributed by atoms with E-state index in [-0.39, 0.29) is 18.7 Å². The normalized spacial score (nSPS) is 11.4. The van der Waals surface area contributed by atoms with E-state index in [1.165, 1.54) is 6.20 Å². The molecule has 0 bridgehead atoms. The molecule has 0 spiro atoms. The van der Waals surface area contributed by atoms with Gasteiger partial charge in [0.2, 0.25) is 5.43 Å². The molecular formula is C26H27ClN4O4. The minimum atomic E-state index is -0.702. The molecule has 0 radical (unpaired) electrons. The van der Waals surface area contributed by atoms with Crippen molar-refractivity contribution >= 4 is 34.4 Å². The van der Waals surface area contributed by atoms with Gasteiger partial charge in [-0.2, -0.15) is 0 Å². The summed E-state index contributed by atoms with van der Waals surface area (Å²) >= 11 is 5.87. The van der Waals surface area contributed by atoms with Crippen LogP contribution in [0.5, 0.6) is 0 Å². The average molecular weight is 495 g/mol. The highest BCUT2D eigenvalue weighted by molar-refractivity contribution is 6.30. The summed E-state index contributed by atoms with van der Waals surface area (Å²) in [5, 5.41) is 3.67. The first-order chi connectivity index (χ1) is 16.9. The van der Waals surface area contributed by atoms with E-state index in [1.54, 1.807) is 42.5 Å². The topological polar surface area (TPSA) is 140 Å². The number of esters is 1. The Morgan fingerprint density at radius 1 is 1.14 bits per heavy atom. The van der Waals surface area contributed by atoms with Gasteiger partial charge < -0.3 is 26.5 Å². The Morgan fingerprint density at radius 3 is 2.66 bits per heavy atom. The smallest absolute Gasteiger partial charge is 0.323 e. The second-order valence-electron chi connectivity index (χ2n) is 7.90. The summed E-state index contributed by atoms with van der Waals surface area (Å²) in [4.78, 5) is 40.4. The molecule has 0 aliphatic rings. The molecule has 2 aromatic carbocycles. The first kappa shape index (κ1) is 26.0. The van der Waals surface area contributed by atoms with E-state index >= 15 is 0 Å². The van der Waals surface area contributed by atoms with E-state index in [2.05, 4.69) is 22.1 Å². The van der Waals surface area contributed by atoms with E-state index in [0.29, 0.717) is 34.5 Å². The summed E-state index contributed by atoms with van der Waals surface area (Å²) in [7, 11) is 0. The minimum Gasteiger partial charge on any atom is -0.451 e. The molecular weight excluding hydrogens is 468 g/mol. The maximum absolute atomic E-state index is 12.9. The molecule has 8 nitrogen and oxygen atoms in total. The number of rotatable bonds is 9. The molecule has 1 atom stereocenters. The van der Waals surface area contributed by atoms with Gasteiger partial charge in [-0.3, -0.25) is 14.4 Å². The van der Waals surface area contributed by atoms with E-state index in [0.717, 1.165) is 18.4 Å². The molecule has 0 aliphatic heterocycles. The van der Waals surface area contributed by atoms with Crippen molar-refractivity contribution in [2.24, 2.45) is 11.5 Å². The zero-order chi connectivity index (χ0) is 25.2. The molecule has 0 aliphatic carbocycles. The first-order valence-electron chi connectivity index (χ1n) is 11.2. The van der Waals surface area contributed by atoms with Crippen LogP contribution in [0, 0.1) is 11.8 Å². The van der Waals surface area contributed by atoms with Crippen LogP contribution >= 0.6 is 11.6 Å². The number of nitrogens with two attached hydrogens (primary N) is 2. The summed E-state index contributed by atoms with van der Waals surface area (Å²) in [6.07, 6.45) is 3.45. The number of carbonyl (C=O) groups is 2. The Kier molecular flexibility index (Phi) is 9.44. The minimum absolute atomic E-state index is 0.00544. The molecule has 3 aromatic rings. The summed E-state index contributed by atoms with van der Waals surface area (Å²) in [5.41, 5.74) is 12.8. The number of carbonyl (C=O) groups excluding carboxylic acids is 2. The van der Waals surface area contributed by atoms with E-state index < -0.39 is 23.3 Å². The number of aromatic nitrogens is 1. The van der Waals surface area contributed by atoms with Crippen LogP contribution in [-0.4, -0.2) is 36.1 Å². The van der Waals surface area contributed by atoms with Crippen molar-refractivity contribution in [2.45, 2.75) is 31.8 Å². The Morgan fingerprint density at radius 2 is 1.91 bits per heavy atom. The number of benzene rings is 2. The number of pyridine rings is 1. The number of hydrogen-bond donors (Lipinski definition) is 4. The predicted octanol–water partition coefficient (Wildman–Crippen LogP) is 2.46. The molecule has 182 valence electrons. The molecule has 0 saturated heterocycles. The zero-order valence-corrected chi connectivity index (χ0v) is 19.9. The van der Waals surface area contributed by atoms with Gasteiger partial charge >= 0.3 is 5.97 Å². The third-order valence-corrected chi connectivity index (χ3v) is 5.54. The molecule has 3 rings (SSSR count). The Hall–Kier alpha value is -3.64. The van der Waals surface area contributed by atoms with Gasteiger partial charge in [-0.25, -0.2) is 0 Å². The molecule has 1 unspecified atom stereocenters. The van der Waals surface area contributed by atoms with Crippen molar-refractivity contribution in [3.05, 3.63) is 80.6 Å². The molecule has 9 heteroatoms.